The summed E-state index contributed by atoms with van der Waals surface area (Å²) in [6, 6.07) is 2.96. The molecule has 1 aliphatic heterocycles. The zero-order valence-corrected chi connectivity index (χ0v) is 11.8. The molecule has 0 radical (unpaired) electrons. The molecule has 0 unspecified atom stereocenters. The van der Waals surface area contributed by atoms with Gasteiger partial charge in [-0.25, -0.2) is 17.5 Å². The summed E-state index contributed by atoms with van der Waals surface area (Å²) in [4.78, 5) is -0.251. The molecule has 106 valence electrons. The Balaban J connectivity index is 2.18. The third-order valence-corrected chi connectivity index (χ3v) is 5.93. The zero-order valence-electron chi connectivity index (χ0n) is 10.1. The average molecular weight is 306 g/mol. The number of halogens is 1. The molecule has 0 bridgehead atoms. The summed E-state index contributed by atoms with van der Waals surface area (Å²) in [7, 11) is -4.71. The molecule has 0 atom stereocenters. The maximum Gasteiger partial charge on any atom is 0.242 e. The molecule has 0 spiro atoms. The number of anilines is 1. The lowest BCUT2D eigenvalue weighted by molar-refractivity contribution is 0.521. The van der Waals surface area contributed by atoms with Gasteiger partial charge in [0.05, 0.1) is 5.69 Å². The van der Waals surface area contributed by atoms with Gasteiger partial charge in [-0.1, -0.05) is 0 Å². The van der Waals surface area contributed by atoms with E-state index < -0.39 is 26.6 Å². The second kappa shape index (κ2) is 5.56. The van der Waals surface area contributed by atoms with E-state index in [1.807, 2.05) is 0 Å². The van der Waals surface area contributed by atoms with Crippen molar-refractivity contribution in [3.63, 3.8) is 0 Å². The van der Waals surface area contributed by atoms with Gasteiger partial charge in [0.15, 0.2) is 0 Å². The van der Waals surface area contributed by atoms with Crippen LogP contribution in [0, 0.1) is 5.82 Å². The maximum absolute atomic E-state index is 13.1. The largest absolute Gasteiger partial charge is 0.398 e. The summed E-state index contributed by atoms with van der Waals surface area (Å²) in [6.07, 6.45) is 1.03. The highest BCUT2D eigenvalue weighted by Gasteiger charge is 2.25. The Morgan fingerprint density at radius 3 is 2.58 bits per heavy atom. The monoisotopic (exact) mass is 306 g/mol. The van der Waals surface area contributed by atoms with Gasteiger partial charge in [0.2, 0.25) is 10.0 Å². The fourth-order valence-electron chi connectivity index (χ4n) is 1.94. The van der Waals surface area contributed by atoms with Crippen molar-refractivity contribution in [1.82, 2.24) is 4.72 Å². The van der Waals surface area contributed by atoms with E-state index in [4.69, 9.17) is 5.73 Å². The Morgan fingerprint density at radius 2 is 1.95 bits per heavy atom. The molecule has 0 aromatic heterocycles. The lowest BCUT2D eigenvalue weighted by Gasteiger charge is -2.22. The van der Waals surface area contributed by atoms with Crippen molar-refractivity contribution in [3.05, 3.63) is 24.0 Å². The summed E-state index contributed by atoms with van der Waals surface area (Å²) in [5.41, 5.74) is 5.58. The summed E-state index contributed by atoms with van der Waals surface area (Å²) >= 11 is 0. The third-order valence-electron chi connectivity index (χ3n) is 2.97. The number of rotatable bonds is 3. The fraction of sp³-hybridized carbons (Fsp3) is 0.455. The van der Waals surface area contributed by atoms with Gasteiger partial charge in [0.1, 0.15) is 10.7 Å². The third kappa shape index (κ3) is 3.52. The van der Waals surface area contributed by atoms with E-state index in [1.165, 1.54) is 6.07 Å². The van der Waals surface area contributed by atoms with E-state index in [2.05, 4.69) is 4.72 Å². The predicted octanol–water partition coefficient (Wildman–Crippen LogP) is 0.597. The first kappa shape index (κ1) is 14.4. The van der Waals surface area contributed by atoms with E-state index in [0.29, 0.717) is 24.3 Å². The quantitative estimate of drug-likeness (QED) is 0.800. The SMILES string of the molecule is Nc1ccc(F)cc1S(=O)(=O)NC1CCS(=O)CC1. The van der Waals surface area contributed by atoms with Crippen LogP contribution in [0.2, 0.25) is 0 Å². The van der Waals surface area contributed by atoms with Gasteiger partial charge in [-0.05, 0) is 31.0 Å². The number of benzene rings is 1. The van der Waals surface area contributed by atoms with Gasteiger partial charge in [-0.3, -0.25) is 4.21 Å². The summed E-state index contributed by atoms with van der Waals surface area (Å²) < 4.78 is 51.1. The van der Waals surface area contributed by atoms with Crippen molar-refractivity contribution in [3.8, 4) is 0 Å². The Kier molecular flexibility index (Phi) is 4.22. The molecule has 1 aromatic rings. The number of nitrogens with two attached hydrogens (primary N) is 1. The lowest BCUT2D eigenvalue weighted by Crippen LogP contribution is -2.39. The minimum atomic E-state index is -3.84. The van der Waals surface area contributed by atoms with Gasteiger partial charge in [0.25, 0.3) is 0 Å². The first-order valence-electron chi connectivity index (χ1n) is 5.81. The molecule has 1 saturated heterocycles. The van der Waals surface area contributed by atoms with Crippen molar-refractivity contribution >= 4 is 26.5 Å². The number of sulfonamides is 1. The van der Waals surface area contributed by atoms with Crippen molar-refractivity contribution in [2.75, 3.05) is 17.2 Å². The second-order valence-corrected chi connectivity index (χ2v) is 7.80. The van der Waals surface area contributed by atoms with E-state index in [1.54, 1.807) is 0 Å². The Labute approximate surface area is 113 Å². The van der Waals surface area contributed by atoms with Crippen LogP contribution in [-0.2, 0) is 20.8 Å². The maximum atomic E-state index is 13.1. The van der Waals surface area contributed by atoms with E-state index in [-0.39, 0.29) is 16.6 Å². The highest BCUT2D eigenvalue weighted by atomic mass is 32.2. The van der Waals surface area contributed by atoms with Crippen LogP contribution in [-0.4, -0.2) is 30.2 Å². The zero-order chi connectivity index (χ0) is 14.0. The highest BCUT2D eigenvalue weighted by Crippen LogP contribution is 2.21. The van der Waals surface area contributed by atoms with Gasteiger partial charge in [-0.15, -0.1) is 0 Å². The molecular formula is C11H15FN2O3S2. The molecule has 1 heterocycles. The standard InChI is InChI=1S/C11H15FN2O3S2/c12-8-1-2-10(13)11(7-8)19(16,17)14-9-3-5-18(15)6-4-9/h1-2,7,9,14H,3-6,13H2. The van der Waals surface area contributed by atoms with Crippen LogP contribution in [0.4, 0.5) is 10.1 Å². The van der Waals surface area contributed by atoms with Gasteiger partial charge >= 0.3 is 0 Å². The molecule has 0 amide bonds. The van der Waals surface area contributed by atoms with E-state index >= 15 is 0 Å². The van der Waals surface area contributed by atoms with Crippen LogP contribution >= 0.6 is 0 Å². The molecule has 3 N–H and O–H groups in total. The minimum absolute atomic E-state index is 0.00767. The van der Waals surface area contributed by atoms with Gasteiger partial charge in [0, 0.05) is 28.3 Å². The molecular weight excluding hydrogens is 291 g/mol. The van der Waals surface area contributed by atoms with E-state index in [0.717, 1.165) is 12.1 Å². The van der Waals surface area contributed by atoms with Crippen molar-refractivity contribution in [2.24, 2.45) is 0 Å². The van der Waals surface area contributed by atoms with Crippen LogP contribution in [0.5, 0.6) is 0 Å². The van der Waals surface area contributed by atoms with Gasteiger partial charge < -0.3 is 5.73 Å². The normalized spacial score (nSPS) is 24.3. The predicted molar refractivity (Wildman–Crippen MR) is 72.0 cm³/mol. The number of nitrogens with one attached hydrogen (secondary N) is 1. The topological polar surface area (TPSA) is 89.3 Å². The Morgan fingerprint density at radius 1 is 1.32 bits per heavy atom. The molecule has 1 fully saturated rings. The molecule has 8 heteroatoms. The number of nitrogen functional groups attached to an aromatic ring is 1. The van der Waals surface area contributed by atoms with Crippen LogP contribution in [0.1, 0.15) is 12.8 Å². The lowest BCUT2D eigenvalue weighted by atomic mass is 10.2. The van der Waals surface area contributed by atoms with Crippen molar-refractivity contribution in [1.29, 1.82) is 0 Å². The number of hydrogen-bond acceptors (Lipinski definition) is 4. The van der Waals surface area contributed by atoms with Crippen LogP contribution in [0.15, 0.2) is 23.1 Å². The molecule has 2 rings (SSSR count). The fourth-order valence-corrected chi connectivity index (χ4v) is 4.68. The van der Waals surface area contributed by atoms with Crippen LogP contribution in [0.25, 0.3) is 0 Å². The first-order valence-corrected chi connectivity index (χ1v) is 8.78. The molecule has 1 aliphatic rings. The molecule has 19 heavy (non-hydrogen) atoms. The Bertz CT molecular complexity index is 594. The smallest absolute Gasteiger partial charge is 0.242 e. The summed E-state index contributed by atoms with van der Waals surface area (Å²) in [5.74, 6) is 0.303. The molecule has 0 saturated carbocycles. The Hall–Kier alpha value is -0.990. The van der Waals surface area contributed by atoms with Gasteiger partial charge in [-0.2, -0.15) is 0 Å². The van der Waals surface area contributed by atoms with Crippen molar-refractivity contribution in [2.45, 2.75) is 23.8 Å². The number of hydrogen-bond donors (Lipinski definition) is 2. The van der Waals surface area contributed by atoms with Crippen LogP contribution < -0.4 is 10.5 Å². The molecule has 5 nitrogen and oxygen atoms in total. The van der Waals surface area contributed by atoms with E-state index in [9.17, 15) is 17.0 Å². The first-order chi connectivity index (χ1) is 8.88. The summed E-state index contributed by atoms with van der Waals surface area (Å²) in [6.45, 7) is 0. The minimum Gasteiger partial charge on any atom is -0.398 e. The molecule has 1 aromatic carbocycles. The highest BCUT2D eigenvalue weighted by molar-refractivity contribution is 7.89. The summed E-state index contributed by atoms with van der Waals surface area (Å²) in [5, 5.41) is 0. The van der Waals surface area contributed by atoms with Crippen molar-refractivity contribution < 1.29 is 17.0 Å². The second-order valence-electron chi connectivity index (χ2n) is 4.43. The van der Waals surface area contributed by atoms with Crippen LogP contribution in [0.3, 0.4) is 0 Å². The average Bonchev–Trinajstić information content (AvgIpc) is 2.35. The molecule has 0 aliphatic carbocycles.